The molecule has 50 valence electrons. The molecule has 0 bridgehead atoms. The molecule has 0 amide bonds. The normalized spacial score (nSPS) is 9.22. The predicted molar refractivity (Wildman–Crippen MR) is 43.7 cm³/mol. The molecule has 9 heavy (non-hydrogen) atoms. The molecule has 0 spiro atoms. The number of hydrogen-bond acceptors (Lipinski definition) is 0. The molecule has 0 nitrogen and oxygen atoms in total. The predicted octanol–water partition coefficient (Wildman–Crippen LogP) is 2.64. The summed E-state index contributed by atoms with van der Waals surface area (Å²) in [5.41, 5.74) is 1.60. The Morgan fingerprint density at radius 1 is 1.00 bits per heavy atom. The fourth-order valence-electron chi connectivity index (χ4n) is 0.954. The molecular formula is C8H15Al. The molecule has 0 saturated carbocycles. The highest BCUT2D eigenvalue weighted by Gasteiger charge is 1.92. The first-order valence-electron chi connectivity index (χ1n) is 3.72. The van der Waals surface area contributed by atoms with Crippen LogP contribution >= 0.6 is 0 Å². The summed E-state index contributed by atoms with van der Waals surface area (Å²) in [7, 11) is 0. The summed E-state index contributed by atoms with van der Waals surface area (Å²) in [6.07, 6.45) is 3.61. The summed E-state index contributed by atoms with van der Waals surface area (Å²) >= 11 is 2.82. The molecule has 0 N–H and O–H groups in total. The van der Waals surface area contributed by atoms with Crippen molar-refractivity contribution in [2.24, 2.45) is 0 Å². The molecule has 0 fully saturated rings. The quantitative estimate of drug-likeness (QED) is 0.526. The Morgan fingerprint density at radius 3 is 1.56 bits per heavy atom. The van der Waals surface area contributed by atoms with Gasteiger partial charge >= 0.3 is 0 Å². The van der Waals surface area contributed by atoms with Gasteiger partial charge in [0.05, 0.1) is 0 Å². The van der Waals surface area contributed by atoms with Crippen LogP contribution < -0.4 is 0 Å². The fraction of sp³-hybridized carbons (Fsp3) is 0.750. The lowest BCUT2D eigenvalue weighted by Gasteiger charge is -2.05. The van der Waals surface area contributed by atoms with Crippen molar-refractivity contribution < 1.29 is 0 Å². The number of hydrogen-bond donors (Lipinski definition) is 0. The van der Waals surface area contributed by atoms with E-state index in [9.17, 15) is 0 Å². The van der Waals surface area contributed by atoms with Crippen LogP contribution in [0, 0.1) is 0 Å². The average molecular weight is 138 g/mol. The van der Waals surface area contributed by atoms with Crippen molar-refractivity contribution in [2.45, 2.75) is 40.0 Å². The maximum atomic E-state index is 2.82. The number of allylic oxidation sites excluding steroid dienone is 2. The molecule has 0 atom stereocenters. The molecule has 0 aromatic rings. The third kappa shape index (κ3) is 3.08. The van der Waals surface area contributed by atoms with Gasteiger partial charge in [-0.3, -0.25) is 0 Å². The van der Waals surface area contributed by atoms with E-state index in [4.69, 9.17) is 0 Å². The van der Waals surface area contributed by atoms with Crippen LogP contribution in [0.15, 0.2) is 10.0 Å². The minimum atomic E-state index is 1.18. The highest BCUT2D eigenvalue weighted by Crippen LogP contribution is 2.11. The summed E-state index contributed by atoms with van der Waals surface area (Å²) < 4.78 is 1.50. The van der Waals surface area contributed by atoms with Gasteiger partial charge in [0.1, 0.15) is 0 Å². The van der Waals surface area contributed by atoms with E-state index >= 15 is 0 Å². The highest BCUT2D eigenvalue weighted by molar-refractivity contribution is 6.21. The zero-order valence-corrected chi connectivity index (χ0v) is 7.85. The van der Waals surface area contributed by atoms with Crippen LogP contribution in [0.2, 0.25) is 0 Å². The topological polar surface area (TPSA) is 0 Å². The van der Waals surface area contributed by atoms with E-state index in [0.29, 0.717) is 0 Å². The second-order valence-electron chi connectivity index (χ2n) is 2.19. The van der Waals surface area contributed by atoms with E-state index in [0.717, 1.165) is 0 Å². The van der Waals surface area contributed by atoms with E-state index < -0.39 is 0 Å². The highest BCUT2D eigenvalue weighted by atomic mass is 27.0. The average Bonchev–Trinajstić information content (AvgIpc) is 1.90. The Hall–Kier alpha value is 0.272. The molecule has 0 unspecified atom stereocenters. The lowest BCUT2D eigenvalue weighted by Crippen LogP contribution is -1.87. The van der Waals surface area contributed by atoms with Gasteiger partial charge in [-0.1, -0.05) is 32.8 Å². The van der Waals surface area contributed by atoms with Crippen molar-refractivity contribution in [1.82, 2.24) is 0 Å². The first-order valence-corrected chi connectivity index (χ1v) is 4.30. The first kappa shape index (κ1) is 9.27. The molecule has 0 heterocycles. The molecular weight excluding hydrogens is 123 g/mol. The molecule has 2 radical (unpaired) electrons. The van der Waals surface area contributed by atoms with Crippen LogP contribution in [-0.4, -0.2) is 16.3 Å². The van der Waals surface area contributed by atoms with Gasteiger partial charge in [0, 0.05) is 0 Å². The Kier molecular flexibility index (Phi) is 5.24. The standard InChI is InChI=1S/C8H15.Al/c1-4-7-8(5-2)6-3;/h4-6H2,1-3H3;. The summed E-state index contributed by atoms with van der Waals surface area (Å²) in [5, 5.41) is 0. The van der Waals surface area contributed by atoms with Crippen LogP contribution in [0.25, 0.3) is 0 Å². The van der Waals surface area contributed by atoms with Gasteiger partial charge in [0.15, 0.2) is 16.3 Å². The lowest BCUT2D eigenvalue weighted by molar-refractivity contribution is 0.944. The van der Waals surface area contributed by atoms with Gasteiger partial charge in [-0.05, 0) is 12.8 Å². The van der Waals surface area contributed by atoms with Crippen LogP contribution in [0.4, 0.5) is 0 Å². The zero-order valence-electron chi connectivity index (χ0n) is 6.70. The van der Waals surface area contributed by atoms with Gasteiger partial charge in [-0.2, -0.15) is 4.44 Å². The molecule has 0 aromatic heterocycles. The molecule has 1 heteroatoms. The third-order valence-corrected chi connectivity index (χ3v) is 2.51. The Bertz CT molecular complexity index is 97.1. The zero-order chi connectivity index (χ0) is 7.28. The molecule has 0 aliphatic carbocycles. The maximum absolute atomic E-state index is 2.82. The molecule has 0 aromatic carbocycles. The Balaban J connectivity index is 4.01. The smallest absolute Gasteiger partial charge is 0.160 e. The van der Waals surface area contributed by atoms with Crippen LogP contribution in [0.5, 0.6) is 0 Å². The Morgan fingerprint density at radius 2 is 1.44 bits per heavy atom. The summed E-state index contributed by atoms with van der Waals surface area (Å²) in [5.74, 6) is 0. The van der Waals surface area contributed by atoms with Gasteiger partial charge in [-0.25, -0.2) is 0 Å². The van der Waals surface area contributed by atoms with Gasteiger partial charge in [-0.15, -0.1) is 0 Å². The molecule has 0 aliphatic heterocycles. The van der Waals surface area contributed by atoms with Crippen molar-refractivity contribution >= 4 is 16.3 Å². The SMILES string of the molecule is CC[C]([Al])=C(CC)CC. The monoisotopic (exact) mass is 138 g/mol. The van der Waals surface area contributed by atoms with E-state index in [1.807, 2.05) is 0 Å². The van der Waals surface area contributed by atoms with Crippen LogP contribution in [-0.2, 0) is 0 Å². The van der Waals surface area contributed by atoms with Gasteiger partial charge in [0.25, 0.3) is 0 Å². The molecule has 0 saturated heterocycles. The summed E-state index contributed by atoms with van der Waals surface area (Å²) in [6, 6.07) is 0. The van der Waals surface area contributed by atoms with Crippen molar-refractivity contribution in [3.05, 3.63) is 10.0 Å². The van der Waals surface area contributed by atoms with Crippen molar-refractivity contribution in [3.8, 4) is 0 Å². The van der Waals surface area contributed by atoms with E-state index in [1.54, 1.807) is 5.57 Å². The fourth-order valence-corrected chi connectivity index (χ4v) is 1.36. The van der Waals surface area contributed by atoms with Crippen LogP contribution in [0.1, 0.15) is 40.0 Å². The first-order chi connectivity index (χ1) is 4.26. The third-order valence-electron chi connectivity index (χ3n) is 1.69. The summed E-state index contributed by atoms with van der Waals surface area (Å²) in [6.45, 7) is 6.64. The minimum absolute atomic E-state index is 1.18. The van der Waals surface area contributed by atoms with Crippen molar-refractivity contribution in [3.63, 3.8) is 0 Å². The maximum Gasteiger partial charge on any atom is 0.168 e. The number of rotatable bonds is 3. The largest absolute Gasteiger partial charge is 0.168 e. The van der Waals surface area contributed by atoms with Crippen LogP contribution in [0.3, 0.4) is 0 Å². The second-order valence-corrected chi connectivity index (χ2v) is 2.89. The van der Waals surface area contributed by atoms with Gasteiger partial charge in [0.2, 0.25) is 0 Å². The molecule has 0 rings (SSSR count). The lowest BCUT2D eigenvalue weighted by atomic mass is 10.1. The minimum Gasteiger partial charge on any atom is -0.160 e. The van der Waals surface area contributed by atoms with Crippen molar-refractivity contribution in [1.29, 1.82) is 0 Å². The van der Waals surface area contributed by atoms with Crippen molar-refractivity contribution in [2.75, 3.05) is 0 Å². The van der Waals surface area contributed by atoms with Gasteiger partial charge < -0.3 is 0 Å². The Labute approximate surface area is 66.8 Å². The summed E-state index contributed by atoms with van der Waals surface area (Å²) in [4.78, 5) is 0. The van der Waals surface area contributed by atoms with E-state index in [-0.39, 0.29) is 0 Å². The second kappa shape index (κ2) is 5.09. The van der Waals surface area contributed by atoms with E-state index in [2.05, 4.69) is 37.1 Å². The van der Waals surface area contributed by atoms with E-state index in [1.165, 1.54) is 23.7 Å². The molecule has 0 aliphatic rings.